The number of aliphatic hydroxyl groups is 1. The number of carbonyl (C=O) groups excluding carboxylic acids is 1. The van der Waals surface area contributed by atoms with Gasteiger partial charge in [-0.05, 0) is 28.9 Å². The molecule has 3 nitrogen and oxygen atoms in total. The molecule has 0 saturated heterocycles. The molecular formula is C11H12BrFO3. The second kappa shape index (κ2) is 5.96. The van der Waals surface area contributed by atoms with Crippen LogP contribution in [-0.2, 0) is 0 Å². The van der Waals surface area contributed by atoms with Gasteiger partial charge in [0.15, 0.2) is 5.78 Å². The van der Waals surface area contributed by atoms with Gasteiger partial charge in [0, 0.05) is 19.1 Å². The Morgan fingerprint density at radius 1 is 1.56 bits per heavy atom. The Morgan fingerprint density at radius 3 is 2.81 bits per heavy atom. The summed E-state index contributed by atoms with van der Waals surface area (Å²) in [6, 6.07) is 2.56. The Morgan fingerprint density at radius 2 is 2.25 bits per heavy atom. The van der Waals surface area contributed by atoms with E-state index in [1.54, 1.807) is 0 Å². The molecule has 88 valence electrons. The zero-order valence-corrected chi connectivity index (χ0v) is 10.4. The minimum atomic E-state index is -0.482. The Balaban J connectivity index is 2.95. The van der Waals surface area contributed by atoms with E-state index in [-0.39, 0.29) is 29.2 Å². The van der Waals surface area contributed by atoms with Crippen LogP contribution in [0, 0.1) is 5.82 Å². The van der Waals surface area contributed by atoms with Crippen molar-refractivity contribution in [1.29, 1.82) is 0 Å². The normalized spacial score (nSPS) is 10.2. The van der Waals surface area contributed by atoms with Crippen molar-refractivity contribution in [2.45, 2.75) is 13.3 Å². The minimum absolute atomic E-state index is 0.00554. The molecule has 0 fully saturated rings. The molecule has 1 N–H and O–H groups in total. The van der Waals surface area contributed by atoms with E-state index in [1.165, 1.54) is 13.0 Å². The van der Waals surface area contributed by atoms with Gasteiger partial charge in [0.2, 0.25) is 0 Å². The summed E-state index contributed by atoms with van der Waals surface area (Å²) < 4.78 is 18.7. The fourth-order valence-electron chi connectivity index (χ4n) is 1.17. The molecule has 16 heavy (non-hydrogen) atoms. The van der Waals surface area contributed by atoms with Crippen LogP contribution in [0.1, 0.15) is 23.7 Å². The quantitative estimate of drug-likeness (QED) is 0.670. The summed E-state index contributed by atoms with van der Waals surface area (Å²) in [5.74, 6) is -0.467. The molecular weight excluding hydrogens is 279 g/mol. The number of rotatable bonds is 5. The number of benzene rings is 1. The zero-order valence-electron chi connectivity index (χ0n) is 8.80. The van der Waals surface area contributed by atoms with Crippen molar-refractivity contribution >= 4 is 21.7 Å². The molecule has 1 rings (SSSR count). The van der Waals surface area contributed by atoms with Crippen molar-refractivity contribution in [2.75, 3.05) is 13.2 Å². The lowest BCUT2D eigenvalue weighted by Gasteiger charge is -2.10. The topological polar surface area (TPSA) is 46.5 Å². The van der Waals surface area contributed by atoms with Gasteiger partial charge in [-0.3, -0.25) is 4.79 Å². The van der Waals surface area contributed by atoms with Crippen molar-refractivity contribution in [2.24, 2.45) is 0 Å². The summed E-state index contributed by atoms with van der Waals surface area (Å²) in [7, 11) is 0. The number of carbonyl (C=O) groups is 1. The van der Waals surface area contributed by atoms with Gasteiger partial charge in [0.1, 0.15) is 11.6 Å². The van der Waals surface area contributed by atoms with Crippen LogP contribution < -0.4 is 4.74 Å². The third kappa shape index (κ3) is 3.28. The van der Waals surface area contributed by atoms with E-state index < -0.39 is 5.82 Å². The number of aliphatic hydroxyl groups excluding tert-OH is 1. The lowest BCUT2D eigenvalue weighted by atomic mass is 10.1. The van der Waals surface area contributed by atoms with Gasteiger partial charge in [-0.25, -0.2) is 4.39 Å². The second-order valence-electron chi connectivity index (χ2n) is 3.24. The molecule has 0 aliphatic carbocycles. The SMILES string of the molecule is CC(=O)c1cc(Br)c(F)cc1OCCCO. The van der Waals surface area contributed by atoms with E-state index in [0.717, 1.165) is 6.07 Å². The van der Waals surface area contributed by atoms with Gasteiger partial charge in [-0.1, -0.05) is 0 Å². The molecule has 0 aromatic heterocycles. The maximum atomic E-state index is 13.2. The van der Waals surface area contributed by atoms with Crippen molar-refractivity contribution in [3.63, 3.8) is 0 Å². The second-order valence-corrected chi connectivity index (χ2v) is 4.10. The fraction of sp³-hybridized carbons (Fsp3) is 0.364. The van der Waals surface area contributed by atoms with E-state index in [4.69, 9.17) is 9.84 Å². The van der Waals surface area contributed by atoms with Crippen molar-refractivity contribution in [3.05, 3.63) is 28.0 Å². The van der Waals surface area contributed by atoms with Gasteiger partial charge < -0.3 is 9.84 Å². The highest BCUT2D eigenvalue weighted by Gasteiger charge is 2.12. The van der Waals surface area contributed by atoms with E-state index in [0.29, 0.717) is 12.0 Å². The molecule has 1 aromatic carbocycles. The first-order chi connectivity index (χ1) is 7.56. The van der Waals surface area contributed by atoms with E-state index in [2.05, 4.69) is 15.9 Å². The standard InChI is InChI=1S/C11H12BrFO3/c1-7(15)8-5-9(12)10(13)6-11(8)16-4-2-3-14/h5-6,14H,2-4H2,1H3. The number of ketones is 1. The Labute approximate surface area is 101 Å². The number of Topliss-reactive ketones (excluding diaryl/α,β-unsaturated/α-hetero) is 1. The number of hydrogen-bond acceptors (Lipinski definition) is 3. The summed E-state index contributed by atoms with van der Waals surface area (Å²) in [4.78, 5) is 11.3. The molecule has 0 bridgehead atoms. The number of halogens is 2. The van der Waals surface area contributed by atoms with Crippen LogP contribution in [-0.4, -0.2) is 24.1 Å². The summed E-state index contributed by atoms with van der Waals surface area (Å²) in [5, 5.41) is 8.59. The molecule has 0 saturated carbocycles. The minimum Gasteiger partial charge on any atom is -0.493 e. The van der Waals surface area contributed by atoms with Gasteiger partial charge in [0.05, 0.1) is 16.6 Å². The Bertz CT molecular complexity index is 393. The van der Waals surface area contributed by atoms with Crippen LogP contribution in [0.3, 0.4) is 0 Å². The maximum absolute atomic E-state index is 13.2. The molecule has 0 atom stereocenters. The van der Waals surface area contributed by atoms with Gasteiger partial charge in [-0.2, -0.15) is 0 Å². The van der Waals surface area contributed by atoms with Crippen LogP contribution in [0.25, 0.3) is 0 Å². The van der Waals surface area contributed by atoms with Crippen LogP contribution in [0.2, 0.25) is 0 Å². The lowest BCUT2D eigenvalue weighted by molar-refractivity contribution is 0.101. The van der Waals surface area contributed by atoms with Crippen molar-refractivity contribution in [3.8, 4) is 5.75 Å². The maximum Gasteiger partial charge on any atom is 0.163 e. The monoisotopic (exact) mass is 290 g/mol. The highest BCUT2D eigenvalue weighted by molar-refractivity contribution is 9.10. The predicted molar refractivity (Wildman–Crippen MR) is 61.3 cm³/mol. The largest absolute Gasteiger partial charge is 0.493 e. The molecule has 1 aromatic rings. The molecule has 0 unspecified atom stereocenters. The highest BCUT2D eigenvalue weighted by atomic mass is 79.9. The van der Waals surface area contributed by atoms with E-state index in [1.807, 2.05) is 0 Å². The first-order valence-electron chi connectivity index (χ1n) is 4.80. The Kier molecular flexibility index (Phi) is 4.89. The smallest absolute Gasteiger partial charge is 0.163 e. The van der Waals surface area contributed by atoms with Gasteiger partial charge >= 0.3 is 0 Å². The van der Waals surface area contributed by atoms with Crippen LogP contribution >= 0.6 is 15.9 Å². The van der Waals surface area contributed by atoms with Crippen molar-refractivity contribution < 1.29 is 19.0 Å². The van der Waals surface area contributed by atoms with Crippen molar-refractivity contribution in [1.82, 2.24) is 0 Å². The summed E-state index contributed by atoms with van der Waals surface area (Å²) in [6.45, 7) is 1.63. The first-order valence-corrected chi connectivity index (χ1v) is 5.59. The first kappa shape index (κ1) is 13.1. The molecule has 0 radical (unpaired) electrons. The average molecular weight is 291 g/mol. The summed E-state index contributed by atoms with van der Waals surface area (Å²) in [6.07, 6.45) is 0.440. The highest BCUT2D eigenvalue weighted by Crippen LogP contribution is 2.27. The molecule has 0 aliphatic rings. The fourth-order valence-corrected chi connectivity index (χ4v) is 1.51. The van der Waals surface area contributed by atoms with Crippen LogP contribution in [0.15, 0.2) is 16.6 Å². The van der Waals surface area contributed by atoms with E-state index >= 15 is 0 Å². The number of hydrogen-bond donors (Lipinski definition) is 1. The average Bonchev–Trinajstić information content (AvgIpc) is 2.23. The molecule has 5 heteroatoms. The molecule has 0 spiro atoms. The Hall–Kier alpha value is -0.940. The predicted octanol–water partition coefficient (Wildman–Crippen LogP) is 2.55. The molecule has 0 aliphatic heterocycles. The zero-order chi connectivity index (χ0) is 12.1. The van der Waals surface area contributed by atoms with Gasteiger partial charge in [-0.15, -0.1) is 0 Å². The third-order valence-electron chi connectivity index (χ3n) is 1.96. The summed E-state index contributed by atoms with van der Waals surface area (Å²) >= 11 is 3.01. The third-order valence-corrected chi connectivity index (χ3v) is 2.57. The van der Waals surface area contributed by atoms with E-state index in [9.17, 15) is 9.18 Å². The molecule has 0 amide bonds. The molecule has 0 heterocycles. The number of ether oxygens (including phenoxy) is 1. The van der Waals surface area contributed by atoms with Crippen LogP contribution in [0.5, 0.6) is 5.75 Å². The van der Waals surface area contributed by atoms with Gasteiger partial charge in [0.25, 0.3) is 0 Å². The summed E-state index contributed by atoms with van der Waals surface area (Å²) in [5.41, 5.74) is 0.325. The lowest BCUT2D eigenvalue weighted by Crippen LogP contribution is -2.05. The van der Waals surface area contributed by atoms with Crippen LogP contribution in [0.4, 0.5) is 4.39 Å².